The third kappa shape index (κ3) is 2.75. The van der Waals surface area contributed by atoms with Crippen LogP contribution in [0.1, 0.15) is 28.5 Å². The molecular weight excluding hydrogens is 305 g/mol. The third-order valence-electron chi connectivity index (χ3n) is 4.01. The molecule has 2 aromatic carbocycles. The summed E-state index contributed by atoms with van der Waals surface area (Å²) in [4.78, 5) is 17.1. The molecule has 24 heavy (non-hydrogen) atoms. The van der Waals surface area contributed by atoms with Crippen LogP contribution in [0.2, 0.25) is 0 Å². The number of hydrogen-bond acceptors (Lipinski definition) is 3. The van der Waals surface area contributed by atoms with Crippen LogP contribution in [0.25, 0.3) is 22.0 Å². The zero-order chi connectivity index (χ0) is 17.3. The SMILES string of the molecule is CCOC(=O)c1c(C)nc2ccccc2c1-c1ccc(F)cc1C. The number of fused-ring (bicyclic) bond motifs is 1. The number of aromatic nitrogens is 1. The van der Waals surface area contributed by atoms with Gasteiger partial charge in [0.15, 0.2) is 0 Å². The highest BCUT2D eigenvalue weighted by Crippen LogP contribution is 2.35. The molecule has 3 rings (SSSR count). The van der Waals surface area contributed by atoms with Crippen molar-refractivity contribution < 1.29 is 13.9 Å². The van der Waals surface area contributed by atoms with Crippen LogP contribution in [-0.4, -0.2) is 17.6 Å². The molecule has 0 aliphatic heterocycles. The maximum Gasteiger partial charge on any atom is 0.340 e. The molecule has 4 heteroatoms. The highest BCUT2D eigenvalue weighted by Gasteiger charge is 2.22. The first-order chi connectivity index (χ1) is 11.5. The molecule has 1 heterocycles. The van der Waals surface area contributed by atoms with Gasteiger partial charge in [-0.25, -0.2) is 9.18 Å². The van der Waals surface area contributed by atoms with E-state index < -0.39 is 5.97 Å². The fraction of sp³-hybridized carbons (Fsp3) is 0.200. The van der Waals surface area contributed by atoms with Gasteiger partial charge in [-0.2, -0.15) is 0 Å². The van der Waals surface area contributed by atoms with Crippen molar-refractivity contribution in [2.75, 3.05) is 6.61 Å². The molecule has 0 bridgehead atoms. The van der Waals surface area contributed by atoms with E-state index >= 15 is 0 Å². The first-order valence-electron chi connectivity index (χ1n) is 7.86. The zero-order valence-corrected chi connectivity index (χ0v) is 13.9. The Morgan fingerprint density at radius 3 is 2.62 bits per heavy atom. The topological polar surface area (TPSA) is 39.2 Å². The van der Waals surface area contributed by atoms with Crippen LogP contribution in [0.4, 0.5) is 4.39 Å². The number of pyridine rings is 1. The van der Waals surface area contributed by atoms with Crippen LogP contribution in [0, 0.1) is 19.7 Å². The number of rotatable bonds is 3. The Kier molecular flexibility index (Phi) is 4.30. The Morgan fingerprint density at radius 2 is 1.92 bits per heavy atom. The van der Waals surface area contributed by atoms with Gasteiger partial charge in [0.05, 0.1) is 23.4 Å². The van der Waals surface area contributed by atoms with Crippen molar-refractivity contribution in [3.63, 3.8) is 0 Å². The normalized spacial score (nSPS) is 10.8. The van der Waals surface area contributed by atoms with Crippen LogP contribution in [0.3, 0.4) is 0 Å². The lowest BCUT2D eigenvalue weighted by atomic mass is 9.91. The second kappa shape index (κ2) is 6.40. The summed E-state index contributed by atoms with van der Waals surface area (Å²) >= 11 is 0. The molecule has 3 aromatic rings. The Labute approximate surface area is 140 Å². The Bertz CT molecular complexity index is 934. The van der Waals surface area contributed by atoms with Gasteiger partial charge in [-0.05, 0) is 50.1 Å². The maximum absolute atomic E-state index is 13.5. The summed E-state index contributed by atoms with van der Waals surface area (Å²) in [7, 11) is 0. The highest BCUT2D eigenvalue weighted by atomic mass is 19.1. The monoisotopic (exact) mass is 323 g/mol. The molecule has 1 aromatic heterocycles. The van der Waals surface area contributed by atoms with E-state index in [1.165, 1.54) is 12.1 Å². The van der Waals surface area contributed by atoms with E-state index in [1.54, 1.807) is 19.9 Å². The minimum Gasteiger partial charge on any atom is -0.462 e. The van der Waals surface area contributed by atoms with E-state index in [1.807, 2.05) is 31.2 Å². The predicted molar refractivity (Wildman–Crippen MR) is 92.6 cm³/mol. The lowest BCUT2D eigenvalue weighted by Crippen LogP contribution is -2.11. The number of nitrogens with zero attached hydrogens (tertiary/aromatic N) is 1. The summed E-state index contributed by atoms with van der Waals surface area (Å²) in [6, 6.07) is 12.2. The average Bonchev–Trinajstić information content (AvgIpc) is 2.54. The molecule has 0 radical (unpaired) electrons. The van der Waals surface area contributed by atoms with Crippen molar-refractivity contribution in [1.29, 1.82) is 0 Å². The van der Waals surface area contributed by atoms with Crippen molar-refractivity contribution >= 4 is 16.9 Å². The van der Waals surface area contributed by atoms with E-state index in [0.29, 0.717) is 11.3 Å². The lowest BCUT2D eigenvalue weighted by Gasteiger charge is -2.16. The van der Waals surface area contributed by atoms with Gasteiger partial charge in [-0.3, -0.25) is 4.98 Å². The van der Waals surface area contributed by atoms with Crippen LogP contribution in [0.5, 0.6) is 0 Å². The summed E-state index contributed by atoms with van der Waals surface area (Å²) < 4.78 is 18.8. The molecule has 0 atom stereocenters. The van der Waals surface area contributed by atoms with Gasteiger partial charge in [-0.15, -0.1) is 0 Å². The number of carbonyl (C=O) groups excluding carboxylic acids is 1. The number of ether oxygens (including phenoxy) is 1. The molecule has 0 fully saturated rings. The molecule has 0 saturated carbocycles. The zero-order valence-electron chi connectivity index (χ0n) is 13.9. The van der Waals surface area contributed by atoms with Crippen molar-refractivity contribution in [3.05, 3.63) is 65.1 Å². The third-order valence-corrected chi connectivity index (χ3v) is 4.01. The number of para-hydroxylation sites is 1. The molecular formula is C20H18FNO2. The molecule has 0 spiro atoms. The van der Waals surface area contributed by atoms with E-state index in [2.05, 4.69) is 4.98 Å². The maximum atomic E-state index is 13.5. The van der Waals surface area contributed by atoms with Gasteiger partial charge in [-0.1, -0.05) is 24.3 Å². The molecule has 0 saturated heterocycles. The van der Waals surface area contributed by atoms with E-state index in [4.69, 9.17) is 4.74 Å². The average molecular weight is 323 g/mol. The summed E-state index contributed by atoms with van der Waals surface area (Å²) in [5.41, 5.74) is 4.14. The van der Waals surface area contributed by atoms with Crippen molar-refractivity contribution in [3.8, 4) is 11.1 Å². The molecule has 0 unspecified atom stereocenters. The van der Waals surface area contributed by atoms with Crippen LogP contribution >= 0.6 is 0 Å². The van der Waals surface area contributed by atoms with Gasteiger partial charge >= 0.3 is 5.97 Å². The Morgan fingerprint density at radius 1 is 1.17 bits per heavy atom. The number of esters is 1. The summed E-state index contributed by atoms with van der Waals surface area (Å²) in [5.74, 6) is -0.712. The predicted octanol–water partition coefficient (Wildman–Crippen LogP) is 4.83. The van der Waals surface area contributed by atoms with Crippen molar-refractivity contribution in [2.24, 2.45) is 0 Å². The molecule has 0 N–H and O–H groups in total. The molecule has 122 valence electrons. The van der Waals surface area contributed by atoms with Crippen LogP contribution in [-0.2, 0) is 4.74 Å². The number of halogens is 1. The second-order valence-electron chi connectivity index (χ2n) is 5.64. The van der Waals surface area contributed by atoms with Crippen LogP contribution in [0.15, 0.2) is 42.5 Å². The number of hydrogen-bond donors (Lipinski definition) is 0. The van der Waals surface area contributed by atoms with Gasteiger partial charge < -0.3 is 4.74 Å². The fourth-order valence-corrected chi connectivity index (χ4v) is 2.98. The van der Waals surface area contributed by atoms with Gasteiger partial charge in [0.1, 0.15) is 5.82 Å². The first-order valence-corrected chi connectivity index (χ1v) is 7.86. The highest BCUT2D eigenvalue weighted by molar-refractivity contribution is 6.08. The summed E-state index contributed by atoms with van der Waals surface area (Å²) in [6.07, 6.45) is 0. The standard InChI is InChI=1S/C20H18FNO2/c1-4-24-20(23)18-13(3)22-17-8-6-5-7-16(17)19(18)15-10-9-14(21)11-12(15)2/h5-11H,4H2,1-3H3. The van der Waals surface area contributed by atoms with Crippen LogP contribution < -0.4 is 0 Å². The van der Waals surface area contributed by atoms with E-state index in [9.17, 15) is 9.18 Å². The van der Waals surface area contributed by atoms with Crippen molar-refractivity contribution in [2.45, 2.75) is 20.8 Å². The van der Waals surface area contributed by atoms with E-state index in [0.717, 1.165) is 27.6 Å². The minimum atomic E-state index is -0.410. The molecule has 0 aliphatic carbocycles. The second-order valence-corrected chi connectivity index (χ2v) is 5.64. The van der Waals surface area contributed by atoms with E-state index in [-0.39, 0.29) is 12.4 Å². The number of benzene rings is 2. The van der Waals surface area contributed by atoms with Crippen molar-refractivity contribution in [1.82, 2.24) is 4.98 Å². The minimum absolute atomic E-state index is 0.285. The molecule has 0 aliphatic rings. The lowest BCUT2D eigenvalue weighted by molar-refractivity contribution is 0.0526. The molecule has 0 amide bonds. The Balaban J connectivity index is 2.42. The fourth-order valence-electron chi connectivity index (χ4n) is 2.98. The van der Waals surface area contributed by atoms with Gasteiger partial charge in [0.25, 0.3) is 0 Å². The summed E-state index contributed by atoms with van der Waals surface area (Å²) in [5, 5.41) is 0.848. The number of aryl methyl sites for hydroxylation is 2. The first kappa shape index (κ1) is 16.1. The summed E-state index contributed by atoms with van der Waals surface area (Å²) in [6.45, 7) is 5.68. The van der Waals surface area contributed by atoms with Gasteiger partial charge in [0, 0.05) is 10.9 Å². The quantitative estimate of drug-likeness (QED) is 0.648. The largest absolute Gasteiger partial charge is 0.462 e. The number of carbonyl (C=O) groups is 1. The smallest absolute Gasteiger partial charge is 0.340 e. The van der Waals surface area contributed by atoms with Gasteiger partial charge in [0.2, 0.25) is 0 Å². The Hall–Kier alpha value is -2.75. The molecule has 3 nitrogen and oxygen atoms in total.